The zero-order valence-corrected chi connectivity index (χ0v) is 10.5. The monoisotopic (exact) mass is 233 g/mol. The fourth-order valence-corrected chi connectivity index (χ4v) is 1.53. The van der Waals surface area contributed by atoms with Crippen LogP contribution in [0.15, 0.2) is 22.6 Å². The lowest BCUT2D eigenvalue weighted by Gasteiger charge is -2.14. The van der Waals surface area contributed by atoms with Crippen LogP contribution in [0.4, 0.5) is 11.7 Å². The van der Waals surface area contributed by atoms with Crippen molar-refractivity contribution in [2.24, 2.45) is 11.8 Å². The second-order valence-electron chi connectivity index (χ2n) is 4.82. The largest absolute Gasteiger partial charge is 0.423 e. The third-order valence-corrected chi connectivity index (χ3v) is 3.16. The van der Waals surface area contributed by atoms with E-state index >= 15 is 0 Å². The smallest absolute Gasteiger partial charge is 0.295 e. The lowest BCUT2D eigenvalue weighted by Crippen LogP contribution is -2.16. The van der Waals surface area contributed by atoms with E-state index in [4.69, 9.17) is 10.2 Å². The van der Waals surface area contributed by atoms with Gasteiger partial charge in [0.25, 0.3) is 6.01 Å². The van der Waals surface area contributed by atoms with Crippen molar-refractivity contribution in [2.45, 2.75) is 20.8 Å². The van der Waals surface area contributed by atoms with Gasteiger partial charge >= 0.3 is 0 Å². The first-order valence-electron chi connectivity index (χ1n) is 5.97. The van der Waals surface area contributed by atoms with Crippen LogP contribution in [0.25, 0.3) is 11.1 Å². The lowest BCUT2D eigenvalue weighted by atomic mass is 9.98. The second-order valence-corrected chi connectivity index (χ2v) is 4.82. The summed E-state index contributed by atoms with van der Waals surface area (Å²) < 4.78 is 5.58. The van der Waals surface area contributed by atoms with Gasteiger partial charge in [-0.15, -0.1) is 0 Å². The molecular weight excluding hydrogens is 214 g/mol. The van der Waals surface area contributed by atoms with Gasteiger partial charge < -0.3 is 15.5 Å². The maximum atomic E-state index is 5.82. The molecule has 0 spiro atoms. The summed E-state index contributed by atoms with van der Waals surface area (Å²) in [5, 5.41) is 3.21. The average Bonchev–Trinajstić information content (AvgIpc) is 2.70. The zero-order chi connectivity index (χ0) is 12.4. The van der Waals surface area contributed by atoms with E-state index in [9.17, 15) is 0 Å². The quantitative estimate of drug-likeness (QED) is 0.796. The average molecular weight is 233 g/mol. The fraction of sp³-hybridized carbons (Fsp3) is 0.462. The molecule has 1 unspecified atom stereocenters. The van der Waals surface area contributed by atoms with Crippen molar-refractivity contribution in [3.05, 3.63) is 18.2 Å². The number of nitrogen functional groups attached to an aromatic ring is 1. The number of oxazole rings is 1. The molecule has 0 saturated carbocycles. The number of nitrogens with zero attached hydrogens (tertiary/aromatic N) is 1. The molecule has 4 nitrogen and oxygen atoms in total. The number of rotatable bonds is 4. The van der Waals surface area contributed by atoms with Crippen molar-refractivity contribution < 1.29 is 4.42 Å². The molecular formula is C13H19N3O. The number of fused-ring (bicyclic) bond motifs is 1. The van der Waals surface area contributed by atoms with Gasteiger partial charge in [-0.3, -0.25) is 0 Å². The maximum absolute atomic E-state index is 5.82. The number of benzene rings is 1. The van der Waals surface area contributed by atoms with Crippen LogP contribution in [0.1, 0.15) is 20.8 Å². The third kappa shape index (κ3) is 2.52. The Bertz CT molecular complexity index is 504. The van der Waals surface area contributed by atoms with Crippen LogP contribution in [0.5, 0.6) is 0 Å². The molecule has 2 rings (SSSR count). The van der Waals surface area contributed by atoms with Crippen LogP contribution in [-0.2, 0) is 0 Å². The predicted molar refractivity (Wildman–Crippen MR) is 70.9 cm³/mol. The molecule has 0 bridgehead atoms. The Hall–Kier alpha value is -1.71. The van der Waals surface area contributed by atoms with Crippen molar-refractivity contribution in [1.29, 1.82) is 0 Å². The lowest BCUT2D eigenvalue weighted by molar-refractivity contribution is 0.435. The minimum absolute atomic E-state index is 0.547. The topological polar surface area (TPSA) is 64.1 Å². The summed E-state index contributed by atoms with van der Waals surface area (Å²) in [6, 6.07) is 6.11. The summed E-state index contributed by atoms with van der Waals surface area (Å²) in [4.78, 5) is 4.34. The Balaban J connectivity index is 2.12. The van der Waals surface area contributed by atoms with Crippen molar-refractivity contribution in [3.63, 3.8) is 0 Å². The van der Waals surface area contributed by atoms with E-state index in [1.807, 2.05) is 18.2 Å². The van der Waals surface area contributed by atoms with Gasteiger partial charge in [-0.2, -0.15) is 4.98 Å². The van der Waals surface area contributed by atoms with Gasteiger partial charge in [0.15, 0.2) is 5.58 Å². The van der Waals surface area contributed by atoms with Gasteiger partial charge in [0.05, 0.1) is 5.69 Å². The number of nitrogens with one attached hydrogen (secondary N) is 1. The molecule has 0 aliphatic rings. The van der Waals surface area contributed by atoms with E-state index in [1.165, 1.54) is 0 Å². The fourth-order valence-electron chi connectivity index (χ4n) is 1.53. The molecule has 1 heterocycles. The van der Waals surface area contributed by atoms with Crippen LogP contribution in [0.3, 0.4) is 0 Å². The van der Waals surface area contributed by atoms with Crippen molar-refractivity contribution >= 4 is 22.8 Å². The van der Waals surface area contributed by atoms with Gasteiger partial charge in [0, 0.05) is 6.54 Å². The van der Waals surface area contributed by atoms with Crippen molar-refractivity contribution in [1.82, 2.24) is 4.98 Å². The number of nitrogens with two attached hydrogens (primary N) is 1. The first-order valence-corrected chi connectivity index (χ1v) is 5.97. The summed E-state index contributed by atoms with van der Waals surface area (Å²) in [6.45, 7) is 7.46. The van der Waals surface area contributed by atoms with Crippen LogP contribution in [0, 0.1) is 11.8 Å². The molecule has 0 fully saturated rings. The highest BCUT2D eigenvalue weighted by Gasteiger charge is 2.10. The Morgan fingerprint density at radius 3 is 2.76 bits per heavy atom. The highest BCUT2D eigenvalue weighted by molar-refractivity contribution is 5.86. The van der Waals surface area contributed by atoms with Gasteiger partial charge in [0.2, 0.25) is 0 Å². The Morgan fingerprint density at radius 1 is 1.35 bits per heavy atom. The zero-order valence-electron chi connectivity index (χ0n) is 10.5. The Kier molecular flexibility index (Phi) is 3.22. The first kappa shape index (κ1) is 11.8. The molecule has 0 aliphatic heterocycles. The number of hydrogen-bond acceptors (Lipinski definition) is 4. The molecule has 1 atom stereocenters. The van der Waals surface area contributed by atoms with E-state index in [0.717, 1.165) is 17.6 Å². The molecule has 0 aliphatic carbocycles. The normalized spacial score (nSPS) is 13.2. The summed E-state index contributed by atoms with van der Waals surface area (Å²) in [5.74, 6) is 1.21. The molecule has 1 aromatic heterocycles. The summed E-state index contributed by atoms with van der Waals surface area (Å²) >= 11 is 0. The molecule has 0 amide bonds. The SMILES string of the molecule is CC(C)C(C)CNc1nc2c(N)cccc2o1. The van der Waals surface area contributed by atoms with E-state index in [0.29, 0.717) is 23.5 Å². The van der Waals surface area contributed by atoms with Gasteiger partial charge in [-0.25, -0.2) is 0 Å². The molecule has 2 aromatic rings. The van der Waals surface area contributed by atoms with Crippen LogP contribution < -0.4 is 11.1 Å². The van der Waals surface area contributed by atoms with E-state index in [1.54, 1.807) is 0 Å². The van der Waals surface area contributed by atoms with Crippen LogP contribution in [-0.4, -0.2) is 11.5 Å². The Labute approximate surface area is 101 Å². The van der Waals surface area contributed by atoms with Crippen LogP contribution >= 0.6 is 0 Å². The standard InChI is InChI=1S/C13H19N3O/c1-8(2)9(3)7-15-13-16-12-10(14)5-4-6-11(12)17-13/h4-6,8-9H,7,14H2,1-3H3,(H,15,16). The molecule has 0 saturated heterocycles. The van der Waals surface area contributed by atoms with Crippen molar-refractivity contribution in [3.8, 4) is 0 Å². The summed E-state index contributed by atoms with van der Waals surface area (Å²) in [6.07, 6.45) is 0. The maximum Gasteiger partial charge on any atom is 0.295 e. The van der Waals surface area contributed by atoms with Gasteiger partial charge in [-0.05, 0) is 24.0 Å². The highest BCUT2D eigenvalue weighted by atomic mass is 16.4. The Morgan fingerprint density at radius 2 is 2.12 bits per heavy atom. The number of para-hydroxylation sites is 1. The number of hydrogen-bond donors (Lipinski definition) is 2. The number of anilines is 2. The highest BCUT2D eigenvalue weighted by Crippen LogP contribution is 2.23. The summed E-state index contributed by atoms with van der Waals surface area (Å²) in [7, 11) is 0. The minimum Gasteiger partial charge on any atom is -0.423 e. The van der Waals surface area contributed by atoms with E-state index < -0.39 is 0 Å². The molecule has 4 heteroatoms. The van der Waals surface area contributed by atoms with Gasteiger partial charge in [-0.1, -0.05) is 26.8 Å². The second kappa shape index (κ2) is 4.65. The molecule has 17 heavy (non-hydrogen) atoms. The molecule has 3 N–H and O–H groups in total. The number of aromatic nitrogens is 1. The predicted octanol–water partition coefficient (Wildman–Crippen LogP) is 3.11. The van der Waals surface area contributed by atoms with E-state index in [2.05, 4.69) is 31.1 Å². The van der Waals surface area contributed by atoms with E-state index in [-0.39, 0.29) is 0 Å². The summed E-state index contributed by atoms with van der Waals surface area (Å²) in [5.41, 5.74) is 7.93. The molecule has 1 aromatic carbocycles. The van der Waals surface area contributed by atoms with Crippen LogP contribution in [0.2, 0.25) is 0 Å². The first-order chi connectivity index (χ1) is 8.08. The van der Waals surface area contributed by atoms with Crippen molar-refractivity contribution in [2.75, 3.05) is 17.6 Å². The molecule has 0 radical (unpaired) electrons. The third-order valence-electron chi connectivity index (χ3n) is 3.16. The molecule has 92 valence electrons. The minimum atomic E-state index is 0.547. The van der Waals surface area contributed by atoms with Gasteiger partial charge in [0.1, 0.15) is 5.52 Å².